The van der Waals surface area contributed by atoms with E-state index in [0.29, 0.717) is 17.9 Å². The maximum absolute atomic E-state index is 11.1. The number of halogens is 1. The zero-order valence-electron chi connectivity index (χ0n) is 8.66. The second-order valence-corrected chi connectivity index (χ2v) is 3.60. The monoisotopic (exact) mass is 228 g/mol. The van der Waals surface area contributed by atoms with Crippen LogP contribution in [0.25, 0.3) is 0 Å². The van der Waals surface area contributed by atoms with E-state index in [0.717, 1.165) is 0 Å². The minimum absolute atomic E-state index is 0.0443. The summed E-state index contributed by atoms with van der Waals surface area (Å²) >= 11 is 5.87. The summed E-state index contributed by atoms with van der Waals surface area (Å²) in [5, 5.41) is 8.66. The third-order valence-corrected chi connectivity index (χ3v) is 2.43. The molecule has 0 saturated carbocycles. The van der Waals surface area contributed by atoms with Gasteiger partial charge in [0.1, 0.15) is 16.9 Å². The average Bonchev–Trinajstić information content (AvgIpc) is 2.16. The normalized spacial score (nSPS) is 12.2. The van der Waals surface area contributed by atoms with Crippen molar-refractivity contribution in [2.24, 2.45) is 0 Å². The van der Waals surface area contributed by atoms with Crippen molar-refractivity contribution in [3.05, 3.63) is 23.8 Å². The van der Waals surface area contributed by atoms with Gasteiger partial charge in [0.25, 0.3) is 0 Å². The van der Waals surface area contributed by atoms with Crippen LogP contribution in [0.5, 0.6) is 11.5 Å². The predicted molar refractivity (Wildman–Crippen MR) is 58.6 cm³/mol. The summed E-state index contributed by atoms with van der Waals surface area (Å²) in [7, 11) is 0. The standard InChI is InChI=1S/C11H13ClO3/c1-3-15-10-5-8(4-9(14)6-10)11(12)7(2)13/h4-6,11,14H,3H2,1-2H3. The molecule has 0 spiro atoms. The van der Waals surface area contributed by atoms with Crippen LogP contribution in [0.15, 0.2) is 18.2 Å². The molecule has 3 nitrogen and oxygen atoms in total. The first-order chi connectivity index (χ1) is 7.04. The van der Waals surface area contributed by atoms with Gasteiger partial charge in [-0.15, -0.1) is 11.6 Å². The number of hydrogen-bond donors (Lipinski definition) is 1. The Kier molecular flexibility index (Phi) is 3.97. The molecule has 0 aromatic heterocycles. The number of rotatable bonds is 4. The highest BCUT2D eigenvalue weighted by molar-refractivity contribution is 6.30. The van der Waals surface area contributed by atoms with Crippen molar-refractivity contribution in [3.8, 4) is 11.5 Å². The van der Waals surface area contributed by atoms with E-state index in [-0.39, 0.29) is 11.5 Å². The molecule has 0 amide bonds. The van der Waals surface area contributed by atoms with E-state index in [4.69, 9.17) is 16.3 Å². The van der Waals surface area contributed by atoms with Crippen molar-refractivity contribution in [1.29, 1.82) is 0 Å². The first-order valence-electron chi connectivity index (χ1n) is 4.66. The van der Waals surface area contributed by atoms with E-state index in [9.17, 15) is 9.90 Å². The van der Waals surface area contributed by atoms with Crippen LogP contribution in [0, 0.1) is 0 Å². The number of phenols is 1. The third-order valence-electron chi connectivity index (χ3n) is 1.87. The number of benzene rings is 1. The molecule has 0 fully saturated rings. The zero-order chi connectivity index (χ0) is 11.4. The lowest BCUT2D eigenvalue weighted by Crippen LogP contribution is -2.02. The smallest absolute Gasteiger partial charge is 0.152 e. The van der Waals surface area contributed by atoms with Crippen LogP contribution in [-0.4, -0.2) is 17.5 Å². The fourth-order valence-corrected chi connectivity index (χ4v) is 1.36. The largest absolute Gasteiger partial charge is 0.508 e. The second-order valence-electron chi connectivity index (χ2n) is 3.17. The lowest BCUT2D eigenvalue weighted by Gasteiger charge is -2.09. The Hall–Kier alpha value is -1.22. The zero-order valence-corrected chi connectivity index (χ0v) is 9.41. The summed E-state index contributed by atoms with van der Waals surface area (Å²) in [6, 6.07) is 4.60. The minimum Gasteiger partial charge on any atom is -0.508 e. The van der Waals surface area contributed by atoms with Crippen LogP contribution in [-0.2, 0) is 4.79 Å². The molecule has 82 valence electrons. The van der Waals surface area contributed by atoms with Gasteiger partial charge in [-0.3, -0.25) is 4.79 Å². The summed E-state index contributed by atoms with van der Waals surface area (Å²) in [6.07, 6.45) is 0. The number of carbonyl (C=O) groups excluding carboxylic acids is 1. The van der Waals surface area contributed by atoms with E-state index in [1.54, 1.807) is 6.07 Å². The fourth-order valence-electron chi connectivity index (χ4n) is 1.24. The van der Waals surface area contributed by atoms with Gasteiger partial charge in [-0.05, 0) is 31.5 Å². The van der Waals surface area contributed by atoms with Gasteiger partial charge in [0, 0.05) is 6.07 Å². The van der Waals surface area contributed by atoms with E-state index in [1.807, 2.05) is 6.92 Å². The number of carbonyl (C=O) groups is 1. The fraction of sp³-hybridized carbons (Fsp3) is 0.364. The van der Waals surface area contributed by atoms with Crippen LogP contribution in [0.3, 0.4) is 0 Å². The van der Waals surface area contributed by atoms with Gasteiger partial charge in [-0.2, -0.15) is 0 Å². The van der Waals surface area contributed by atoms with Crippen LogP contribution in [0.2, 0.25) is 0 Å². The summed E-state index contributed by atoms with van der Waals surface area (Å²) < 4.78 is 5.23. The van der Waals surface area contributed by atoms with Crippen LogP contribution >= 0.6 is 11.6 Å². The topological polar surface area (TPSA) is 46.5 Å². The van der Waals surface area contributed by atoms with Crippen molar-refractivity contribution in [2.45, 2.75) is 19.2 Å². The van der Waals surface area contributed by atoms with Gasteiger partial charge in [-0.25, -0.2) is 0 Å². The van der Waals surface area contributed by atoms with Crippen molar-refractivity contribution in [3.63, 3.8) is 0 Å². The lowest BCUT2D eigenvalue weighted by atomic mass is 10.1. The molecule has 1 aromatic carbocycles. The molecule has 15 heavy (non-hydrogen) atoms. The molecule has 1 N–H and O–H groups in total. The highest BCUT2D eigenvalue weighted by Gasteiger charge is 2.14. The maximum atomic E-state index is 11.1. The summed E-state index contributed by atoms with van der Waals surface area (Å²) in [5.41, 5.74) is 0.549. The molecular weight excluding hydrogens is 216 g/mol. The highest BCUT2D eigenvalue weighted by Crippen LogP contribution is 2.29. The van der Waals surface area contributed by atoms with Crippen molar-refractivity contribution in [2.75, 3.05) is 6.61 Å². The highest BCUT2D eigenvalue weighted by atomic mass is 35.5. The number of ketones is 1. The number of ether oxygens (including phenoxy) is 1. The third kappa shape index (κ3) is 3.13. The quantitative estimate of drug-likeness (QED) is 0.806. The van der Waals surface area contributed by atoms with Crippen molar-refractivity contribution in [1.82, 2.24) is 0 Å². The van der Waals surface area contributed by atoms with Gasteiger partial charge < -0.3 is 9.84 Å². The van der Waals surface area contributed by atoms with Gasteiger partial charge in [0.2, 0.25) is 0 Å². The Morgan fingerprint density at radius 1 is 1.53 bits per heavy atom. The molecule has 4 heteroatoms. The van der Waals surface area contributed by atoms with Crippen LogP contribution in [0.4, 0.5) is 0 Å². The molecule has 1 aromatic rings. The van der Waals surface area contributed by atoms with Crippen LogP contribution in [0.1, 0.15) is 24.8 Å². The molecular formula is C11H13ClO3. The Labute approximate surface area is 93.6 Å². The lowest BCUT2D eigenvalue weighted by molar-refractivity contribution is -0.116. The number of phenolic OH excluding ortho intramolecular Hbond substituents is 1. The molecule has 0 aliphatic heterocycles. The molecule has 0 bridgehead atoms. The molecule has 1 rings (SSSR count). The van der Waals surface area contributed by atoms with Gasteiger partial charge in [0.05, 0.1) is 6.61 Å². The van der Waals surface area contributed by atoms with E-state index in [2.05, 4.69) is 0 Å². The van der Waals surface area contributed by atoms with Gasteiger partial charge in [-0.1, -0.05) is 0 Å². The molecule has 0 radical (unpaired) electrons. The van der Waals surface area contributed by atoms with E-state index >= 15 is 0 Å². The molecule has 1 atom stereocenters. The number of hydrogen-bond acceptors (Lipinski definition) is 3. The first-order valence-corrected chi connectivity index (χ1v) is 5.09. The SMILES string of the molecule is CCOc1cc(O)cc(C(Cl)C(C)=O)c1. The van der Waals surface area contributed by atoms with Crippen LogP contribution < -0.4 is 4.74 Å². The van der Waals surface area contributed by atoms with Gasteiger partial charge in [0.15, 0.2) is 5.78 Å². The van der Waals surface area contributed by atoms with Crippen molar-refractivity contribution < 1.29 is 14.6 Å². The number of Topliss-reactive ketones (excluding diaryl/α,β-unsaturated/α-hetero) is 1. The predicted octanol–water partition coefficient (Wildman–Crippen LogP) is 2.66. The summed E-state index contributed by atoms with van der Waals surface area (Å²) in [6.45, 7) is 3.74. The van der Waals surface area contributed by atoms with E-state index in [1.165, 1.54) is 19.1 Å². The number of alkyl halides is 1. The van der Waals surface area contributed by atoms with E-state index < -0.39 is 5.38 Å². The Morgan fingerprint density at radius 2 is 2.20 bits per heavy atom. The molecule has 1 unspecified atom stereocenters. The average molecular weight is 229 g/mol. The maximum Gasteiger partial charge on any atom is 0.152 e. The molecule has 0 aliphatic rings. The molecule has 0 aliphatic carbocycles. The van der Waals surface area contributed by atoms with Gasteiger partial charge >= 0.3 is 0 Å². The molecule has 0 saturated heterocycles. The summed E-state index contributed by atoms with van der Waals surface area (Å²) in [4.78, 5) is 11.1. The Balaban J connectivity index is 3.02. The van der Waals surface area contributed by atoms with Crippen molar-refractivity contribution >= 4 is 17.4 Å². The second kappa shape index (κ2) is 5.03. The molecule has 0 heterocycles. The Bertz CT molecular complexity index is 363. The Morgan fingerprint density at radius 3 is 2.73 bits per heavy atom. The summed E-state index contributed by atoms with van der Waals surface area (Å²) in [5.74, 6) is 0.395. The minimum atomic E-state index is -0.740. The number of aromatic hydroxyl groups is 1. The first kappa shape index (κ1) is 11.9.